The zero-order valence-corrected chi connectivity index (χ0v) is 9.15. The van der Waals surface area contributed by atoms with E-state index in [2.05, 4.69) is 17.0 Å². The van der Waals surface area contributed by atoms with E-state index in [4.69, 9.17) is 5.73 Å². The first kappa shape index (κ1) is 11.8. The summed E-state index contributed by atoms with van der Waals surface area (Å²) < 4.78 is 1.79. The summed E-state index contributed by atoms with van der Waals surface area (Å²) in [6.07, 6.45) is 4.16. The normalized spacial score (nSPS) is 10.5. The van der Waals surface area contributed by atoms with Crippen molar-refractivity contribution in [3.8, 4) is 0 Å². The van der Waals surface area contributed by atoms with Gasteiger partial charge in [0.25, 0.3) is 0 Å². The van der Waals surface area contributed by atoms with E-state index in [0.717, 1.165) is 25.2 Å². The number of hydrogen-bond donors (Lipinski definition) is 1. The minimum absolute atomic E-state index is 0.186. The summed E-state index contributed by atoms with van der Waals surface area (Å²) in [7, 11) is 0. The summed E-state index contributed by atoms with van der Waals surface area (Å²) in [5, 5.41) is 4.07. The van der Waals surface area contributed by atoms with E-state index < -0.39 is 0 Å². The molecule has 2 N–H and O–H groups in total. The molecule has 0 saturated carbocycles. The molecule has 0 aromatic carbocycles. The van der Waals surface area contributed by atoms with Gasteiger partial charge in [-0.05, 0) is 19.4 Å². The first-order chi connectivity index (χ1) is 7.27. The number of nitrogens with zero attached hydrogens (tertiary/aromatic N) is 3. The van der Waals surface area contributed by atoms with Crippen LogP contribution in [-0.2, 0) is 17.8 Å². The number of ketones is 1. The lowest BCUT2D eigenvalue weighted by Crippen LogP contribution is -2.12. The molecule has 1 rings (SSSR count). The Balaban J connectivity index is 2.48. The van der Waals surface area contributed by atoms with Crippen LogP contribution < -0.4 is 5.73 Å². The summed E-state index contributed by atoms with van der Waals surface area (Å²) in [6.45, 7) is 3.45. The van der Waals surface area contributed by atoms with Gasteiger partial charge in [0.2, 0.25) is 0 Å². The zero-order chi connectivity index (χ0) is 11.1. The summed E-state index contributed by atoms with van der Waals surface area (Å²) in [5.41, 5.74) is 5.34. The van der Waals surface area contributed by atoms with Crippen molar-refractivity contribution < 1.29 is 4.79 Å². The topological polar surface area (TPSA) is 73.8 Å². The Morgan fingerprint density at radius 1 is 1.60 bits per heavy atom. The number of carbonyl (C=O) groups excluding carboxylic acids is 1. The van der Waals surface area contributed by atoms with Crippen LogP contribution in [0.15, 0.2) is 6.33 Å². The van der Waals surface area contributed by atoms with E-state index in [0.29, 0.717) is 19.4 Å². The molecule has 0 aliphatic rings. The van der Waals surface area contributed by atoms with Gasteiger partial charge in [-0.25, -0.2) is 9.67 Å². The molecule has 0 aliphatic carbocycles. The molecule has 1 aromatic rings. The third-order valence-corrected chi connectivity index (χ3v) is 2.15. The predicted molar refractivity (Wildman–Crippen MR) is 57.3 cm³/mol. The Bertz CT molecular complexity index is 308. The zero-order valence-electron chi connectivity index (χ0n) is 9.15. The average molecular weight is 210 g/mol. The minimum atomic E-state index is 0.186. The quantitative estimate of drug-likeness (QED) is 0.712. The Morgan fingerprint density at radius 2 is 2.40 bits per heavy atom. The van der Waals surface area contributed by atoms with Gasteiger partial charge in [0.05, 0.1) is 6.42 Å². The number of hydrogen-bond acceptors (Lipinski definition) is 4. The van der Waals surface area contributed by atoms with Gasteiger partial charge in [0, 0.05) is 13.0 Å². The number of aryl methyl sites for hydroxylation is 1. The largest absolute Gasteiger partial charge is 0.330 e. The molecule has 0 spiro atoms. The summed E-state index contributed by atoms with van der Waals surface area (Å²) >= 11 is 0. The van der Waals surface area contributed by atoms with E-state index in [1.165, 1.54) is 6.33 Å². The van der Waals surface area contributed by atoms with Crippen LogP contribution in [0.5, 0.6) is 0 Å². The summed E-state index contributed by atoms with van der Waals surface area (Å²) in [5.74, 6) is 0.949. The van der Waals surface area contributed by atoms with Crippen molar-refractivity contribution in [2.75, 3.05) is 6.54 Å². The second-order valence-corrected chi connectivity index (χ2v) is 3.51. The maximum atomic E-state index is 11.5. The molecule has 5 nitrogen and oxygen atoms in total. The smallest absolute Gasteiger partial charge is 0.140 e. The molecule has 0 atom stereocenters. The van der Waals surface area contributed by atoms with Crippen molar-refractivity contribution in [2.24, 2.45) is 5.73 Å². The van der Waals surface area contributed by atoms with Crippen LogP contribution in [0, 0.1) is 0 Å². The van der Waals surface area contributed by atoms with Crippen molar-refractivity contribution >= 4 is 5.78 Å². The summed E-state index contributed by atoms with van der Waals surface area (Å²) in [4.78, 5) is 15.6. The molecule has 84 valence electrons. The molecule has 1 aromatic heterocycles. The van der Waals surface area contributed by atoms with Gasteiger partial charge in [-0.3, -0.25) is 4.79 Å². The van der Waals surface area contributed by atoms with E-state index in [9.17, 15) is 4.79 Å². The maximum absolute atomic E-state index is 11.5. The summed E-state index contributed by atoms with van der Waals surface area (Å²) in [6, 6.07) is 0. The van der Waals surface area contributed by atoms with Crippen LogP contribution >= 0.6 is 0 Å². The van der Waals surface area contributed by atoms with Gasteiger partial charge < -0.3 is 5.73 Å². The Kier molecular flexibility index (Phi) is 4.97. The van der Waals surface area contributed by atoms with Gasteiger partial charge in [0.15, 0.2) is 0 Å². The number of carbonyl (C=O) groups is 1. The van der Waals surface area contributed by atoms with E-state index in [1.807, 2.05) is 0 Å². The monoisotopic (exact) mass is 210 g/mol. The lowest BCUT2D eigenvalue weighted by molar-refractivity contribution is -0.118. The first-order valence-corrected chi connectivity index (χ1v) is 5.36. The highest BCUT2D eigenvalue weighted by atomic mass is 16.1. The number of rotatable bonds is 7. The highest BCUT2D eigenvalue weighted by molar-refractivity contribution is 5.80. The van der Waals surface area contributed by atoms with Crippen LogP contribution in [0.25, 0.3) is 0 Å². The molecule has 0 aliphatic heterocycles. The molecule has 0 fully saturated rings. The SMILES string of the molecule is CCCn1ncnc1CC(=O)CCCN. The number of aromatic nitrogens is 3. The van der Waals surface area contributed by atoms with Crippen LogP contribution in [0.1, 0.15) is 32.0 Å². The van der Waals surface area contributed by atoms with E-state index in [1.54, 1.807) is 4.68 Å². The Morgan fingerprint density at radius 3 is 3.07 bits per heavy atom. The van der Waals surface area contributed by atoms with Crippen LogP contribution in [0.4, 0.5) is 0 Å². The molecule has 0 radical (unpaired) electrons. The molecule has 0 bridgehead atoms. The third kappa shape index (κ3) is 3.79. The van der Waals surface area contributed by atoms with Crippen molar-refractivity contribution in [3.63, 3.8) is 0 Å². The lowest BCUT2D eigenvalue weighted by atomic mass is 10.1. The van der Waals surface area contributed by atoms with Crippen molar-refractivity contribution in [2.45, 2.75) is 39.2 Å². The van der Waals surface area contributed by atoms with Gasteiger partial charge in [-0.15, -0.1) is 0 Å². The third-order valence-electron chi connectivity index (χ3n) is 2.15. The van der Waals surface area contributed by atoms with Gasteiger partial charge >= 0.3 is 0 Å². The van der Waals surface area contributed by atoms with Gasteiger partial charge in [-0.1, -0.05) is 6.92 Å². The molecular weight excluding hydrogens is 192 g/mol. The first-order valence-electron chi connectivity index (χ1n) is 5.36. The van der Waals surface area contributed by atoms with Crippen molar-refractivity contribution in [1.29, 1.82) is 0 Å². The lowest BCUT2D eigenvalue weighted by Gasteiger charge is -2.03. The second kappa shape index (κ2) is 6.29. The highest BCUT2D eigenvalue weighted by Gasteiger charge is 2.08. The molecule has 15 heavy (non-hydrogen) atoms. The van der Waals surface area contributed by atoms with Gasteiger partial charge in [-0.2, -0.15) is 5.10 Å². The Labute approximate surface area is 89.7 Å². The Hall–Kier alpha value is -1.23. The molecule has 1 heterocycles. The van der Waals surface area contributed by atoms with Crippen molar-refractivity contribution in [3.05, 3.63) is 12.2 Å². The van der Waals surface area contributed by atoms with E-state index >= 15 is 0 Å². The van der Waals surface area contributed by atoms with Crippen molar-refractivity contribution in [1.82, 2.24) is 14.8 Å². The number of Topliss-reactive ketones (excluding diaryl/α,β-unsaturated/α-hetero) is 1. The second-order valence-electron chi connectivity index (χ2n) is 3.51. The fraction of sp³-hybridized carbons (Fsp3) is 0.700. The fourth-order valence-electron chi connectivity index (χ4n) is 1.39. The van der Waals surface area contributed by atoms with Gasteiger partial charge in [0.1, 0.15) is 17.9 Å². The molecule has 5 heteroatoms. The minimum Gasteiger partial charge on any atom is -0.330 e. The predicted octanol–water partition coefficient (Wildman–Crippen LogP) is 0.539. The molecule has 0 unspecified atom stereocenters. The fourth-order valence-corrected chi connectivity index (χ4v) is 1.39. The van der Waals surface area contributed by atoms with Crippen LogP contribution in [0.2, 0.25) is 0 Å². The van der Waals surface area contributed by atoms with Crippen LogP contribution in [-0.4, -0.2) is 27.1 Å². The molecule has 0 saturated heterocycles. The average Bonchev–Trinajstić information content (AvgIpc) is 2.63. The van der Waals surface area contributed by atoms with Crippen LogP contribution in [0.3, 0.4) is 0 Å². The number of nitrogens with two attached hydrogens (primary N) is 1. The maximum Gasteiger partial charge on any atom is 0.140 e. The van der Waals surface area contributed by atoms with E-state index in [-0.39, 0.29) is 5.78 Å². The molecule has 0 amide bonds. The standard InChI is InChI=1S/C10H18N4O/c1-2-6-14-10(12-8-13-14)7-9(15)4-3-5-11/h8H,2-7,11H2,1H3. The molecular formula is C10H18N4O. The highest BCUT2D eigenvalue weighted by Crippen LogP contribution is 2.01.